The molecule has 136 valence electrons. The molecule has 0 unspecified atom stereocenters. The van der Waals surface area contributed by atoms with Gasteiger partial charge in [0.25, 0.3) is 5.91 Å². The fourth-order valence-corrected chi connectivity index (χ4v) is 2.76. The first-order chi connectivity index (χ1) is 11.7. The predicted molar refractivity (Wildman–Crippen MR) is 102 cm³/mol. The highest BCUT2D eigenvalue weighted by molar-refractivity contribution is 9.10. The van der Waals surface area contributed by atoms with E-state index in [0.29, 0.717) is 38.4 Å². The summed E-state index contributed by atoms with van der Waals surface area (Å²) in [7, 11) is 3.09. The van der Waals surface area contributed by atoms with E-state index in [1.54, 1.807) is 53.1 Å². The van der Waals surface area contributed by atoms with Gasteiger partial charge >= 0.3 is 0 Å². The third-order valence-electron chi connectivity index (χ3n) is 3.39. The summed E-state index contributed by atoms with van der Waals surface area (Å²) in [6, 6.07) is 3.50. The van der Waals surface area contributed by atoms with Crippen molar-refractivity contribution in [3.63, 3.8) is 0 Å². The maximum Gasteiger partial charge on any atom is 0.255 e. The zero-order chi connectivity index (χ0) is 19.1. The molecular formula is C19H23BrFNO3. The van der Waals surface area contributed by atoms with Gasteiger partial charge in [-0.25, -0.2) is 4.39 Å². The van der Waals surface area contributed by atoms with Crippen molar-refractivity contribution in [3.05, 3.63) is 57.2 Å². The highest BCUT2D eigenvalue weighted by atomic mass is 79.9. The number of carbonyl (C=O) groups excluding carboxylic acids is 1. The first-order valence-electron chi connectivity index (χ1n) is 7.67. The molecule has 1 aromatic rings. The Morgan fingerprint density at radius 2 is 1.92 bits per heavy atom. The Bertz CT molecular complexity index is 773. The Balaban J connectivity index is 4.00. The van der Waals surface area contributed by atoms with Crippen molar-refractivity contribution in [1.29, 1.82) is 0 Å². The normalized spacial score (nSPS) is 11.8. The molecule has 0 radical (unpaired) electrons. The van der Waals surface area contributed by atoms with Crippen molar-refractivity contribution in [1.82, 2.24) is 5.32 Å². The van der Waals surface area contributed by atoms with Gasteiger partial charge in [0.15, 0.2) is 0 Å². The highest BCUT2D eigenvalue weighted by Gasteiger charge is 2.16. The SMILES string of the molecule is CNC(=O)c1c(C)cc(OC)c(Br)cc(C)oc1/C(C)=C/C=C(\C)F. The topological polar surface area (TPSA) is 51.5 Å². The van der Waals surface area contributed by atoms with Crippen molar-refractivity contribution in [2.75, 3.05) is 14.2 Å². The maximum atomic E-state index is 13.1. The number of amides is 1. The number of allylic oxidation sites excluding steroid dienone is 4. The lowest BCUT2D eigenvalue weighted by Gasteiger charge is -2.09. The van der Waals surface area contributed by atoms with Crippen LogP contribution in [0.15, 0.2) is 39.0 Å². The molecule has 6 heteroatoms. The summed E-state index contributed by atoms with van der Waals surface area (Å²) in [5, 5.41) is 2.62. The lowest BCUT2D eigenvalue weighted by Crippen LogP contribution is -2.20. The van der Waals surface area contributed by atoms with Crippen molar-refractivity contribution in [3.8, 4) is 5.75 Å². The van der Waals surface area contributed by atoms with E-state index in [9.17, 15) is 9.18 Å². The van der Waals surface area contributed by atoms with Crippen molar-refractivity contribution in [2.45, 2.75) is 27.7 Å². The summed E-state index contributed by atoms with van der Waals surface area (Å²) in [5.41, 5.74) is 1.62. The molecule has 25 heavy (non-hydrogen) atoms. The van der Waals surface area contributed by atoms with Gasteiger partial charge in [-0.05, 0) is 73.0 Å². The number of rotatable bonds is 4. The first-order valence-corrected chi connectivity index (χ1v) is 8.46. The van der Waals surface area contributed by atoms with E-state index >= 15 is 0 Å². The van der Waals surface area contributed by atoms with Crippen LogP contribution in [0.25, 0.3) is 5.57 Å². The Morgan fingerprint density at radius 3 is 2.44 bits per heavy atom. The minimum absolute atomic E-state index is 0.307. The van der Waals surface area contributed by atoms with Crippen LogP contribution in [0.5, 0.6) is 5.75 Å². The van der Waals surface area contributed by atoms with E-state index in [1.165, 1.54) is 13.0 Å². The van der Waals surface area contributed by atoms with Gasteiger partial charge in [0.2, 0.25) is 0 Å². The Morgan fingerprint density at radius 1 is 1.28 bits per heavy atom. The predicted octanol–water partition coefficient (Wildman–Crippen LogP) is 5.43. The van der Waals surface area contributed by atoms with Crippen molar-refractivity contribution >= 4 is 27.4 Å². The highest BCUT2D eigenvalue weighted by Crippen LogP contribution is 2.28. The molecule has 0 aliphatic rings. The van der Waals surface area contributed by atoms with Crippen LogP contribution >= 0.6 is 15.9 Å². The summed E-state index contributed by atoms with van der Waals surface area (Å²) < 4.78 is 25.1. The third kappa shape index (κ3) is 5.74. The first kappa shape index (κ1) is 21.0. The molecule has 0 aromatic carbocycles. The Labute approximate surface area is 156 Å². The molecule has 0 atom stereocenters. The second-order valence-corrected chi connectivity index (χ2v) is 6.34. The molecule has 0 spiro atoms. The van der Waals surface area contributed by atoms with Crippen LogP contribution < -0.4 is 10.1 Å². The zero-order valence-corrected chi connectivity index (χ0v) is 16.9. The molecule has 4 nitrogen and oxygen atoms in total. The largest absolute Gasteiger partial charge is 0.496 e. The van der Waals surface area contributed by atoms with Gasteiger partial charge in [-0.1, -0.05) is 6.08 Å². The van der Waals surface area contributed by atoms with Gasteiger partial charge < -0.3 is 14.5 Å². The number of aryl methyl sites for hydroxylation is 2. The molecule has 1 heterocycles. The number of halogens is 2. The average molecular weight is 412 g/mol. The minimum Gasteiger partial charge on any atom is -0.496 e. The fourth-order valence-electron chi connectivity index (χ4n) is 2.16. The second-order valence-electron chi connectivity index (χ2n) is 5.49. The van der Waals surface area contributed by atoms with Crippen LogP contribution in [0.4, 0.5) is 4.39 Å². The molecule has 1 rings (SSSR count). The van der Waals surface area contributed by atoms with E-state index in [0.717, 1.165) is 0 Å². The number of nitrogens with one attached hydrogen (secondary N) is 1. The van der Waals surface area contributed by atoms with E-state index in [2.05, 4.69) is 21.2 Å². The summed E-state index contributed by atoms with van der Waals surface area (Å²) in [4.78, 5) is 12.5. The van der Waals surface area contributed by atoms with Gasteiger partial charge in [-0.3, -0.25) is 4.79 Å². The average Bonchev–Trinajstić information content (AvgIpc) is 2.59. The summed E-state index contributed by atoms with van der Waals surface area (Å²) in [6.07, 6.45) is 2.90. The molecule has 0 aliphatic heterocycles. The smallest absolute Gasteiger partial charge is 0.255 e. The molecule has 0 fully saturated rings. The maximum absolute atomic E-state index is 13.1. The van der Waals surface area contributed by atoms with Crippen LogP contribution in [0, 0.1) is 13.8 Å². The molecule has 0 aliphatic carbocycles. The van der Waals surface area contributed by atoms with Gasteiger partial charge in [0, 0.05) is 7.05 Å². The van der Waals surface area contributed by atoms with E-state index in [-0.39, 0.29) is 11.7 Å². The molecule has 0 saturated carbocycles. The van der Waals surface area contributed by atoms with Crippen molar-refractivity contribution < 1.29 is 18.3 Å². The number of ether oxygens (including phenoxy) is 1. The summed E-state index contributed by atoms with van der Waals surface area (Å²) >= 11 is 3.44. The van der Waals surface area contributed by atoms with E-state index < -0.39 is 0 Å². The molecule has 1 amide bonds. The monoisotopic (exact) mass is 411 g/mol. The van der Waals surface area contributed by atoms with Crippen LogP contribution in [0.3, 0.4) is 0 Å². The third-order valence-corrected chi connectivity index (χ3v) is 4.01. The Hall–Kier alpha value is -2.08. The molecule has 1 aromatic heterocycles. The van der Waals surface area contributed by atoms with Gasteiger partial charge in [0.05, 0.1) is 23.0 Å². The summed E-state index contributed by atoms with van der Waals surface area (Å²) in [6.45, 7) is 6.66. The number of carbonyl (C=O) groups is 1. The number of hydrogen-bond acceptors (Lipinski definition) is 3. The minimum atomic E-state index is -0.338. The molecule has 0 saturated heterocycles. The summed E-state index contributed by atoms with van der Waals surface area (Å²) in [5.74, 6) is 0.824. The van der Waals surface area contributed by atoms with E-state index in [1.807, 2.05) is 0 Å². The van der Waals surface area contributed by atoms with Gasteiger partial charge in [-0.15, -0.1) is 0 Å². The van der Waals surface area contributed by atoms with Crippen LogP contribution in [0.2, 0.25) is 0 Å². The van der Waals surface area contributed by atoms with Crippen LogP contribution in [-0.4, -0.2) is 20.1 Å². The van der Waals surface area contributed by atoms with E-state index in [4.69, 9.17) is 9.15 Å². The van der Waals surface area contributed by atoms with Crippen molar-refractivity contribution in [2.24, 2.45) is 0 Å². The lowest BCUT2D eigenvalue weighted by atomic mass is 10.0. The molecule has 0 bridgehead atoms. The van der Waals surface area contributed by atoms with Crippen LogP contribution in [0.1, 0.15) is 41.3 Å². The number of methoxy groups -OCH3 is 1. The van der Waals surface area contributed by atoms with Crippen LogP contribution in [-0.2, 0) is 0 Å². The standard InChI is InChI=1S/C19H23BrFNO3/c1-11(7-8-13(3)21)18-17(19(23)22-5)12(2)9-16(24-6)15(20)10-14(4)25-18/h7-10H,1-6H3,(H,22,23)/b11-7+,12-9?,13-8+,14-10?,16-15?,18-17?. The van der Waals surface area contributed by atoms with Gasteiger partial charge in [0.1, 0.15) is 17.3 Å². The number of hydrogen-bond donors (Lipinski definition) is 1. The zero-order valence-electron chi connectivity index (χ0n) is 15.3. The Kier molecular flexibility index (Phi) is 7.90. The second kappa shape index (κ2) is 9.42. The lowest BCUT2D eigenvalue weighted by molar-refractivity contribution is 0.0960. The quantitative estimate of drug-likeness (QED) is 0.672. The fraction of sp³-hybridized carbons (Fsp3) is 0.316. The molecule has 1 N–H and O–H groups in total. The molecular weight excluding hydrogens is 389 g/mol. The van der Waals surface area contributed by atoms with Gasteiger partial charge in [-0.2, -0.15) is 0 Å².